The Morgan fingerprint density at radius 1 is 1.37 bits per heavy atom. The highest BCUT2D eigenvalue weighted by molar-refractivity contribution is 5.19. The average Bonchev–Trinajstić information content (AvgIpc) is 3.03. The number of halogens is 1. The Morgan fingerprint density at radius 3 is 2.95 bits per heavy atom. The minimum atomic E-state index is -0.175. The molecule has 19 heavy (non-hydrogen) atoms. The molecule has 1 fully saturated rings. The Balaban J connectivity index is 1.92. The van der Waals surface area contributed by atoms with Crippen LogP contribution in [0.4, 0.5) is 4.39 Å². The summed E-state index contributed by atoms with van der Waals surface area (Å²) in [5.41, 5.74) is 0.678. The van der Waals surface area contributed by atoms with E-state index in [-0.39, 0.29) is 5.82 Å². The predicted molar refractivity (Wildman–Crippen MR) is 70.5 cm³/mol. The van der Waals surface area contributed by atoms with Gasteiger partial charge in [0, 0.05) is 18.0 Å². The second-order valence-corrected chi connectivity index (χ2v) is 4.97. The summed E-state index contributed by atoms with van der Waals surface area (Å²) in [7, 11) is 0. The van der Waals surface area contributed by atoms with Crippen molar-refractivity contribution < 1.29 is 4.39 Å². The average molecular weight is 260 g/mol. The van der Waals surface area contributed by atoms with Crippen LogP contribution in [0.2, 0.25) is 0 Å². The highest BCUT2D eigenvalue weighted by Crippen LogP contribution is 2.22. The van der Waals surface area contributed by atoms with Crippen LogP contribution in [0.1, 0.15) is 29.6 Å². The predicted octanol–water partition coefficient (Wildman–Crippen LogP) is 1.85. The van der Waals surface area contributed by atoms with E-state index in [9.17, 15) is 4.39 Å². The number of aromatic nitrogens is 3. The zero-order valence-electron chi connectivity index (χ0n) is 10.9. The lowest BCUT2D eigenvalue weighted by atomic mass is 10.1. The summed E-state index contributed by atoms with van der Waals surface area (Å²) in [6, 6.07) is 6.87. The van der Waals surface area contributed by atoms with Crippen molar-refractivity contribution in [3.63, 3.8) is 0 Å². The van der Waals surface area contributed by atoms with Gasteiger partial charge in [0.15, 0.2) is 0 Å². The highest BCUT2D eigenvalue weighted by Gasteiger charge is 2.23. The minimum Gasteiger partial charge on any atom is -0.316 e. The first-order chi connectivity index (χ1) is 9.25. The van der Waals surface area contributed by atoms with Crippen molar-refractivity contribution in [2.75, 3.05) is 13.1 Å². The minimum absolute atomic E-state index is 0.175. The van der Waals surface area contributed by atoms with Crippen LogP contribution in [-0.4, -0.2) is 27.9 Å². The third kappa shape index (κ3) is 2.38. The molecule has 3 rings (SSSR count). The fourth-order valence-corrected chi connectivity index (χ4v) is 2.57. The van der Waals surface area contributed by atoms with Gasteiger partial charge in [-0.1, -0.05) is 18.2 Å². The molecule has 5 heteroatoms. The van der Waals surface area contributed by atoms with Crippen LogP contribution in [0.3, 0.4) is 0 Å². The number of rotatable bonds is 3. The van der Waals surface area contributed by atoms with Gasteiger partial charge in [0.25, 0.3) is 0 Å². The Labute approximate surface area is 111 Å². The number of hydrogen-bond donors (Lipinski definition) is 1. The Hall–Kier alpha value is -1.75. The number of aryl methyl sites for hydroxylation is 1. The Morgan fingerprint density at radius 2 is 2.21 bits per heavy atom. The van der Waals surface area contributed by atoms with Gasteiger partial charge in [0.2, 0.25) is 0 Å². The van der Waals surface area contributed by atoms with Crippen molar-refractivity contribution in [1.29, 1.82) is 0 Å². The molecule has 1 aliphatic rings. The highest BCUT2D eigenvalue weighted by atomic mass is 19.1. The van der Waals surface area contributed by atoms with Crippen LogP contribution in [-0.2, 0) is 6.54 Å². The first-order valence-electron chi connectivity index (χ1n) is 6.59. The zero-order valence-corrected chi connectivity index (χ0v) is 10.9. The van der Waals surface area contributed by atoms with Crippen molar-refractivity contribution in [3.8, 4) is 0 Å². The maximum atomic E-state index is 13.8. The van der Waals surface area contributed by atoms with E-state index in [1.54, 1.807) is 6.07 Å². The lowest BCUT2D eigenvalue weighted by Crippen LogP contribution is -2.14. The topological polar surface area (TPSA) is 42.7 Å². The summed E-state index contributed by atoms with van der Waals surface area (Å²) >= 11 is 0. The molecular weight excluding hydrogens is 243 g/mol. The van der Waals surface area contributed by atoms with Crippen molar-refractivity contribution in [1.82, 2.24) is 20.1 Å². The van der Waals surface area contributed by atoms with Gasteiger partial charge in [-0.05, 0) is 26.0 Å². The smallest absolute Gasteiger partial charge is 0.137 e. The maximum absolute atomic E-state index is 13.8. The molecule has 0 aliphatic carbocycles. The van der Waals surface area contributed by atoms with E-state index in [2.05, 4.69) is 15.5 Å². The van der Waals surface area contributed by atoms with Gasteiger partial charge in [-0.15, -0.1) is 10.2 Å². The zero-order chi connectivity index (χ0) is 13.2. The molecular formula is C14H17FN4. The van der Waals surface area contributed by atoms with E-state index in [0.29, 0.717) is 18.0 Å². The Bertz CT molecular complexity index is 573. The third-order valence-corrected chi connectivity index (χ3v) is 3.68. The normalized spacial score (nSPS) is 18.9. The quantitative estimate of drug-likeness (QED) is 0.916. The first kappa shape index (κ1) is 12.3. The van der Waals surface area contributed by atoms with E-state index >= 15 is 0 Å². The summed E-state index contributed by atoms with van der Waals surface area (Å²) in [6.07, 6.45) is 1.06. The lowest BCUT2D eigenvalue weighted by Gasteiger charge is -2.13. The molecule has 1 atom stereocenters. The molecule has 100 valence electrons. The maximum Gasteiger partial charge on any atom is 0.137 e. The monoisotopic (exact) mass is 260 g/mol. The van der Waals surface area contributed by atoms with Crippen molar-refractivity contribution in [3.05, 3.63) is 47.3 Å². The van der Waals surface area contributed by atoms with Gasteiger partial charge in [0.05, 0.1) is 6.54 Å². The van der Waals surface area contributed by atoms with Crippen LogP contribution < -0.4 is 5.32 Å². The molecule has 0 saturated carbocycles. The number of nitrogens with one attached hydrogen (secondary N) is 1. The van der Waals surface area contributed by atoms with Crippen LogP contribution in [0, 0.1) is 12.7 Å². The molecule has 0 amide bonds. The molecule has 1 aromatic heterocycles. The summed E-state index contributed by atoms with van der Waals surface area (Å²) in [4.78, 5) is 0. The van der Waals surface area contributed by atoms with E-state index in [1.807, 2.05) is 23.6 Å². The molecule has 0 bridgehead atoms. The van der Waals surface area contributed by atoms with Gasteiger partial charge in [-0.25, -0.2) is 4.39 Å². The molecule has 2 heterocycles. The molecule has 1 N–H and O–H groups in total. The molecule has 2 aromatic rings. The van der Waals surface area contributed by atoms with E-state index in [0.717, 1.165) is 31.2 Å². The third-order valence-electron chi connectivity index (χ3n) is 3.68. The Kier molecular flexibility index (Phi) is 3.29. The number of nitrogens with zero attached hydrogens (tertiary/aromatic N) is 3. The second kappa shape index (κ2) is 5.09. The van der Waals surface area contributed by atoms with Crippen molar-refractivity contribution >= 4 is 0 Å². The van der Waals surface area contributed by atoms with Gasteiger partial charge in [0.1, 0.15) is 17.5 Å². The largest absolute Gasteiger partial charge is 0.316 e. The van der Waals surface area contributed by atoms with Crippen LogP contribution >= 0.6 is 0 Å². The molecule has 1 aliphatic heterocycles. The van der Waals surface area contributed by atoms with E-state index in [4.69, 9.17) is 0 Å². The van der Waals surface area contributed by atoms with Gasteiger partial charge < -0.3 is 9.88 Å². The van der Waals surface area contributed by atoms with Crippen molar-refractivity contribution in [2.24, 2.45) is 0 Å². The summed E-state index contributed by atoms with van der Waals surface area (Å²) in [5, 5.41) is 11.8. The fourth-order valence-electron chi connectivity index (χ4n) is 2.57. The molecule has 1 unspecified atom stereocenters. The lowest BCUT2D eigenvalue weighted by molar-refractivity contribution is 0.577. The summed E-state index contributed by atoms with van der Waals surface area (Å²) < 4.78 is 15.8. The fraction of sp³-hybridized carbons (Fsp3) is 0.429. The van der Waals surface area contributed by atoms with E-state index < -0.39 is 0 Å². The molecule has 1 aromatic carbocycles. The summed E-state index contributed by atoms with van der Waals surface area (Å²) in [5.74, 6) is 2.01. The van der Waals surface area contributed by atoms with Gasteiger partial charge >= 0.3 is 0 Å². The van der Waals surface area contributed by atoms with Gasteiger partial charge in [-0.3, -0.25) is 0 Å². The number of hydrogen-bond acceptors (Lipinski definition) is 3. The van der Waals surface area contributed by atoms with Crippen molar-refractivity contribution in [2.45, 2.75) is 25.8 Å². The summed E-state index contributed by atoms with van der Waals surface area (Å²) in [6.45, 7) is 4.35. The van der Waals surface area contributed by atoms with Crippen LogP contribution in [0.15, 0.2) is 24.3 Å². The van der Waals surface area contributed by atoms with Crippen LogP contribution in [0.25, 0.3) is 0 Å². The number of benzene rings is 1. The molecule has 0 radical (unpaired) electrons. The molecule has 4 nitrogen and oxygen atoms in total. The van der Waals surface area contributed by atoms with Crippen LogP contribution in [0.5, 0.6) is 0 Å². The van der Waals surface area contributed by atoms with Gasteiger partial charge in [-0.2, -0.15) is 0 Å². The second-order valence-electron chi connectivity index (χ2n) is 4.97. The standard InChI is InChI=1S/C14H17FN4/c1-10-17-18-14(11-6-7-16-8-11)19(10)9-12-4-2-3-5-13(12)15/h2-5,11,16H,6-9H2,1H3. The first-order valence-corrected chi connectivity index (χ1v) is 6.59. The SMILES string of the molecule is Cc1nnc(C2CCNC2)n1Cc1ccccc1F. The van der Waals surface area contributed by atoms with E-state index in [1.165, 1.54) is 6.07 Å². The molecule has 0 spiro atoms. The molecule has 1 saturated heterocycles.